The minimum absolute atomic E-state index is 0.0287. The molecule has 1 aromatic rings. The van der Waals surface area contributed by atoms with E-state index in [2.05, 4.69) is 0 Å². The average Bonchev–Trinajstić information content (AvgIpc) is 2.42. The lowest BCUT2D eigenvalue weighted by atomic mass is 10.1. The molecule has 0 saturated heterocycles. The number of carbonyl (C=O) groups is 2. The molecule has 5 heteroatoms. The first kappa shape index (κ1) is 16.0. The highest BCUT2D eigenvalue weighted by atomic mass is 16.4. The molecule has 0 unspecified atom stereocenters. The minimum Gasteiger partial charge on any atom is -0.481 e. The number of carbonyl (C=O) groups excluding carboxylic acids is 1. The maximum atomic E-state index is 12.4. The van der Waals surface area contributed by atoms with Gasteiger partial charge in [0.1, 0.15) is 0 Å². The third-order valence-electron chi connectivity index (χ3n) is 2.99. The second-order valence-electron chi connectivity index (χ2n) is 4.88. The summed E-state index contributed by atoms with van der Waals surface area (Å²) in [6.07, 6.45) is 0.776. The highest BCUT2D eigenvalue weighted by Gasteiger charge is 2.16. The summed E-state index contributed by atoms with van der Waals surface area (Å²) in [4.78, 5) is 26.6. The van der Waals surface area contributed by atoms with Gasteiger partial charge in [0.05, 0.1) is 6.42 Å². The predicted molar refractivity (Wildman–Crippen MR) is 79.2 cm³/mol. The highest BCUT2D eigenvalue weighted by molar-refractivity contribution is 5.95. The molecular weight excluding hydrogens is 256 g/mol. The van der Waals surface area contributed by atoms with Crippen LogP contribution in [0.4, 0.5) is 5.69 Å². The number of rotatable bonds is 7. The molecule has 0 aromatic heterocycles. The van der Waals surface area contributed by atoms with E-state index in [4.69, 9.17) is 5.11 Å². The van der Waals surface area contributed by atoms with Gasteiger partial charge < -0.3 is 14.9 Å². The van der Waals surface area contributed by atoms with Gasteiger partial charge in [0.2, 0.25) is 0 Å². The van der Waals surface area contributed by atoms with Crippen LogP contribution in [0.3, 0.4) is 0 Å². The van der Waals surface area contributed by atoms with E-state index in [1.165, 1.54) is 0 Å². The lowest BCUT2D eigenvalue weighted by Gasteiger charge is -2.22. The Morgan fingerprint density at radius 3 is 2.45 bits per heavy atom. The summed E-state index contributed by atoms with van der Waals surface area (Å²) >= 11 is 0. The SMILES string of the molecule is CCCN(CCC(=O)O)C(=O)c1cccc(N(C)C)c1. The van der Waals surface area contributed by atoms with E-state index < -0.39 is 5.97 Å². The quantitative estimate of drug-likeness (QED) is 0.829. The zero-order valence-electron chi connectivity index (χ0n) is 12.3. The molecule has 0 spiro atoms. The summed E-state index contributed by atoms with van der Waals surface area (Å²) in [5.74, 6) is -1.00. The Morgan fingerprint density at radius 2 is 1.90 bits per heavy atom. The van der Waals surface area contributed by atoms with Gasteiger partial charge in [-0.2, -0.15) is 0 Å². The second kappa shape index (κ2) is 7.53. The Morgan fingerprint density at radius 1 is 1.20 bits per heavy atom. The molecule has 5 nitrogen and oxygen atoms in total. The number of hydrogen-bond acceptors (Lipinski definition) is 3. The van der Waals surface area contributed by atoms with Gasteiger partial charge >= 0.3 is 5.97 Å². The van der Waals surface area contributed by atoms with Crippen LogP contribution in [0.2, 0.25) is 0 Å². The fourth-order valence-electron chi connectivity index (χ4n) is 1.92. The first-order valence-electron chi connectivity index (χ1n) is 6.74. The van der Waals surface area contributed by atoms with Gasteiger partial charge in [-0.25, -0.2) is 0 Å². The monoisotopic (exact) mass is 278 g/mol. The molecule has 0 aliphatic rings. The molecule has 0 saturated carbocycles. The van der Waals surface area contributed by atoms with Crippen molar-refractivity contribution >= 4 is 17.6 Å². The standard InChI is InChI=1S/C15H22N2O3/c1-4-9-17(10-8-14(18)19)15(20)12-6-5-7-13(11-12)16(2)3/h5-7,11H,4,8-10H2,1-3H3,(H,18,19). The zero-order valence-corrected chi connectivity index (χ0v) is 12.3. The molecule has 1 N–H and O–H groups in total. The van der Waals surface area contributed by atoms with Crippen LogP contribution in [0.1, 0.15) is 30.1 Å². The van der Waals surface area contributed by atoms with Gasteiger partial charge in [0, 0.05) is 38.4 Å². The van der Waals surface area contributed by atoms with Crippen molar-refractivity contribution in [1.82, 2.24) is 4.90 Å². The fraction of sp³-hybridized carbons (Fsp3) is 0.467. The van der Waals surface area contributed by atoms with E-state index in [0.29, 0.717) is 12.1 Å². The first-order valence-corrected chi connectivity index (χ1v) is 6.74. The Bertz CT molecular complexity index is 472. The zero-order chi connectivity index (χ0) is 15.1. The molecule has 1 aromatic carbocycles. The predicted octanol–water partition coefficient (Wildman–Crippen LogP) is 2.08. The van der Waals surface area contributed by atoms with Gasteiger partial charge in [0.15, 0.2) is 0 Å². The number of anilines is 1. The van der Waals surface area contributed by atoms with Gasteiger partial charge in [-0.1, -0.05) is 13.0 Å². The van der Waals surface area contributed by atoms with Gasteiger partial charge in [-0.15, -0.1) is 0 Å². The van der Waals surface area contributed by atoms with Crippen LogP contribution < -0.4 is 4.90 Å². The molecule has 0 aliphatic carbocycles. The summed E-state index contributed by atoms with van der Waals surface area (Å²) in [6.45, 7) is 2.78. The van der Waals surface area contributed by atoms with Crippen LogP contribution in [0.5, 0.6) is 0 Å². The van der Waals surface area contributed by atoms with Crippen LogP contribution >= 0.6 is 0 Å². The van der Waals surface area contributed by atoms with Crippen molar-refractivity contribution in [3.05, 3.63) is 29.8 Å². The normalized spacial score (nSPS) is 10.2. The van der Waals surface area contributed by atoms with Gasteiger partial charge in [-0.3, -0.25) is 9.59 Å². The summed E-state index contributed by atoms with van der Waals surface area (Å²) in [5, 5.41) is 8.76. The molecule has 0 aliphatic heterocycles. The van der Waals surface area contributed by atoms with Crippen molar-refractivity contribution in [3.8, 4) is 0 Å². The average molecular weight is 278 g/mol. The third kappa shape index (κ3) is 4.57. The van der Waals surface area contributed by atoms with Crippen LogP contribution in [0.15, 0.2) is 24.3 Å². The Labute approximate surface area is 119 Å². The lowest BCUT2D eigenvalue weighted by molar-refractivity contribution is -0.137. The number of carboxylic acids is 1. The number of benzene rings is 1. The van der Waals surface area contributed by atoms with E-state index in [0.717, 1.165) is 12.1 Å². The minimum atomic E-state index is -0.888. The maximum absolute atomic E-state index is 12.4. The van der Waals surface area contributed by atoms with E-state index >= 15 is 0 Å². The third-order valence-corrected chi connectivity index (χ3v) is 2.99. The van der Waals surface area contributed by atoms with E-state index in [9.17, 15) is 9.59 Å². The number of carboxylic acid groups (broad SMARTS) is 1. The molecule has 0 bridgehead atoms. The van der Waals surface area contributed by atoms with E-state index in [1.54, 1.807) is 11.0 Å². The first-order chi connectivity index (χ1) is 9.45. The molecule has 0 heterocycles. The number of amides is 1. The number of hydrogen-bond donors (Lipinski definition) is 1. The topological polar surface area (TPSA) is 60.9 Å². The fourth-order valence-corrected chi connectivity index (χ4v) is 1.92. The molecular formula is C15H22N2O3. The summed E-state index contributed by atoms with van der Waals surface area (Å²) in [7, 11) is 3.83. The maximum Gasteiger partial charge on any atom is 0.305 e. The van der Waals surface area contributed by atoms with Gasteiger partial charge in [-0.05, 0) is 24.6 Å². The van der Waals surface area contributed by atoms with Crippen LogP contribution in [-0.4, -0.2) is 49.1 Å². The van der Waals surface area contributed by atoms with Gasteiger partial charge in [0.25, 0.3) is 5.91 Å². The summed E-state index contributed by atoms with van der Waals surface area (Å²) in [5.41, 5.74) is 1.54. The van der Waals surface area contributed by atoms with Crippen molar-refractivity contribution in [2.75, 3.05) is 32.1 Å². The molecule has 1 amide bonds. The highest BCUT2D eigenvalue weighted by Crippen LogP contribution is 2.15. The Kier molecular flexibility index (Phi) is 6.03. The van der Waals surface area contributed by atoms with Crippen LogP contribution in [0, 0.1) is 0 Å². The van der Waals surface area contributed by atoms with Crippen molar-refractivity contribution in [1.29, 1.82) is 0 Å². The van der Waals surface area contributed by atoms with E-state index in [-0.39, 0.29) is 18.9 Å². The summed E-state index contributed by atoms with van der Waals surface area (Å²) in [6, 6.07) is 7.35. The van der Waals surface area contributed by atoms with E-state index in [1.807, 2.05) is 44.1 Å². The molecule has 0 radical (unpaired) electrons. The molecule has 1 rings (SSSR count). The van der Waals surface area contributed by atoms with Crippen molar-refractivity contribution in [2.45, 2.75) is 19.8 Å². The van der Waals surface area contributed by atoms with Crippen molar-refractivity contribution in [3.63, 3.8) is 0 Å². The molecule has 20 heavy (non-hydrogen) atoms. The van der Waals surface area contributed by atoms with Crippen LogP contribution in [-0.2, 0) is 4.79 Å². The lowest BCUT2D eigenvalue weighted by Crippen LogP contribution is -2.33. The molecule has 0 atom stereocenters. The van der Waals surface area contributed by atoms with Crippen molar-refractivity contribution < 1.29 is 14.7 Å². The Balaban J connectivity index is 2.87. The molecule has 0 fully saturated rings. The summed E-state index contributed by atoms with van der Waals surface area (Å²) < 4.78 is 0. The van der Waals surface area contributed by atoms with Crippen LogP contribution in [0.25, 0.3) is 0 Å². The second-order valence-corrected chi connectivity index (χ2v) is 4.88. The number of nitrogens with zero attached hydrogens (tertiary/aromatic N) is 2. The number of aliphatic carboxylic acids is 1. The Hall–Kier alpha value is -2.04. The van der Waals surface area contributed by atoms with Crippen molar-refractivity contribution in [2.24, 2.45) is 0 Å². The molecule has 110 valence electrons. The largest absolute Gasteiger partial charge is 0.481 e. The smallest absolute Gasteiger partial charge is 0.305 e.